The molecule has 0 aliphatic carbocycles. The Morgan fingerprint density at radius 2 is 0.632 bits per heavy atom. The van der Waals surface area contributed by atoms with Crippen molar-refractivity contribution in [2.75, 3.05) is 0 Å². The molecule has 0 radical (unpaired) electrons. The van der Waals surface area contributed by atoms with Crippen LogP contribution >= 0.6 is 0 Å². The summed E-state index contributed by atoms with van der Waals surface area (Å²) >= 11 is 0. The molecule has 0 aliphatic heterocycles. The Bertz CT molecular complexity index is 338. The van der Waals surface area contributed by atoms with E-state index in [4.69, 9.17) is 0 Å². The lowest BCUT2D eigenvalue weighted by molar-refractivity contribution is 0.548. The highest BCUT2D eigenvalue weighted by Crippen LogP contribution is 2.34. The summed E-state index contributed by atoms with van der Waals surface area (Å²) in [5, 5.41) is 0. The summed E-state index contributed by atoms with van der Waals surface area (Å²) in [5.41, 5.74) is 4.96. The minimum atomic E-state index is 0. The third kappa shape index (κ3) is 4.67. The predicted molar refractivity (Wildman–Crippen MR) is 89.3 cm³/mol. The molecule has 0 fully saturated rings. The van der Waals surface area contributed by atoms with Crippen molar-refractivity contribution in [1.82, 2.24) is 0 Å². The van der Waals surface area contributed by atoms with Gasteiger partial charge in [-0.2, -0.15) is 0 Å². The van der Waals surface area contributed by atoms with Crippen molar-refractivity contribution in [3.63, 3.8) is 0 Å². The molecular weight excluding hydrogens is 228 g/mol. The Balaban J connectivity index is 0.00000324. The van der Waals surface area contributed by atoms with Gasteiger partial charge in [-0.1, -0.05) is 87.9 Å². The monoisotopic (exact) mass is 262 g/mol. The molecule has 0 amide bonds. The standard InChI is InChI=1S/C18H30.CH4/c1-16(2,3)13-10-14(17(4,5)6)12-15(11-13)18(7,8)9;/h10-12H,1-9H3;1H4. The Labute approximate surface area is 121 Å². The van der Waals surface area contributed by atoms with Crippen molar-refractivity contribution >= 4 is 0 Å². The summed E-state index contributed by atoms with van der Waals surface area (Å²) in [6.07, 6.45) is 0. The molecular formula is C19H34. The van der Waals surface area contributed by atoms with Gasteiger partial charge < -0.3 is 0 Å². The van der Waals surface area contributed by atoms with E-state index in [0.29, 0.717) is 0 Å². The highest BCUT2D eigenvalue weighted by Gasteiger charge is 2.23. The number of benzene rings is 1. The second-order valence-electron chi connectivity index (χ2n) is 8.55. The zero-order valence-corrected chi connectivity index (χ0v) is 13.7. The molecule has 0 spiro atoms. The number of hydrogen-bond donors (Lipinski definition) is 0. The molecule has 0 bridgehead atoms. The van der Waals surface area contributed by atoms with Gasteiger partial charge in [-0.25, -0.2) is 0 Å². The molecule has 1 aromatic carbocycles. The van der Waals surface area contributed by atoms with Crippen LogP contribution in [-0.4, -0.2) is 0 Å². The van der Waals surface area contributed by atoms with Crippen LogP contribution in [0.2, 0.25) is 0 Å². The van der Waals surface area contributed by atoms with Gasteiger partial charge in [0, 0.05) is 0 Å². The normalized spacial score (nSPS) is 13.1. The van der Waals surface area contributed by atoms with E-state index in [0.717, 1.165) is 0 Å². The first-order valence-corrected chi connectivity index (χ1v) is 6.98. The minimum Gasteiger partial charge on any atom is -0.0776 e. The Morgan fingerprint density at radius 3 is 0.737 bits per heavy atom. The minimum absolute atomic E-state index is 0. The quantitative estimate of drug-likeness (QED) is 0.521. The summed E-state index contributed by atoms with van der Waals surface area (Å²) in [5.74, 6) is 0. The fourth-order valence-corrected chi connectivity index (χ4v) is 1.93. The fourth-order valence-electron chi connectivity index (χ4n) is 1.93. The molecule has 0 saturated heterocycles. The van der Waals surface area contributed by atoms with Gasteiger partial charge in [-0.15, -0.1) is 0 Å². The Morgan fingerprint density at radius 1 is 0.474 bits per heavy atom. The molecule has 0 atom stereocenters. The second-order valence-corrected chi connectivity index (χ2v) is 8.55. The van der Waals surface area contributed by atoms with Gasteiger partial charge in [0.15, 0.2) is 0 Å². The van der Waals surface area contributed by atoms with Crippen LogP contribution in [-0.2, 0) is 16.2 Å². The first-order chi connectivity index (χ1) is 7.82. The van der Waals surface area contributed by atoms with Gasteiger partial charge in [0.2, 0.25) is 0 Å². The van der Waals surface area contributed by atoms with Gasteiger partial charge in [0.1, 0.15) is 0 Å². The van der Waals surface area contributed by atoms with Crippen molar-refractivity contribution < 1.29 is 0 Å². The topological polar surface area (TPSA) is 0 Å². The zero-order chi connectivity index (χ0) is 14.4. The third-order valence-corrected chi connectivity index (χ3v) is 3.53. The van der Waals surface area contributed by atoms with Crippen LogP contribution in [0.25, 0.3) is 0 Å². The van der Waals surface area contributed by atoms with Gasteiger partial charge in [0.25, 0.3) is 0 Å². The lowest BCUT2D eigenvalue weighted by Gasteiger charge is -2.29. The summed E-state index contributed by atoms with van der Waals surface area (Å²) in [6, 6.07) is 7.15. The Kier molecular flexibility index (Phi) is 5.09. The van der Waals surface area contributed by atoms with E-state index in [1.807, 2.05) is 0 Å². The maximum Gasteiger partial charge on any atom is -0.0132 e. The van der Waals surface area contributed by atoms with E-state index >= 15 is 0 Å². The zero-order valence-electron chi connectivity index (χ0n) is 13.7. The van der Waals surface area contributed by atoms with E-state index in [1.54, 1.807) is 0 Å². The predicted octanol–water partition coefficient (Wildman–Crippen LogP) is 6.22. The smallest absolute Gasteiger partial charge is 0.0132 e. The van der Waals surface area contributed by atoms with Crippen molar-refractivity contribution in [3.8, 4) is 0 Å². The maximum absolute atomic E-state index is 2.38. The van der Waals surface area contributed by atoms with E-state index in [9.17, 15) is 0 Å². The van der Waals surface area contributed by atoms with Crippen LogP contribution in [0.3, 0.4) is 0 Å². The molecule has 1 rings (SSSR count). The summed E-state index contributed by atoms with van der Waals surface area (Å²) in [6.45, 7) is 20.6. The summed E-state index contributed by atoms with van der Waals surface area (Å²) in [4.78, 5) is 0. The second kappa shape index (κ2) is 5.31. The molecule has 0 unspecified atom stereocenters. The summed E-state index contributed by atoms with van der Waals surface area (Å²) in [7, 11) is 0. The van der Waals surface area contributed by atoms with Crippen molar-refractivity contribution in [1.29, 1.82) is 0 Å². The van der Waals surface area contributed by atoms with Crippen molar-refractivity contribution in [3.05, 3.63) is 34.9 Å². The van der Waals surface area contributed by atoms with Crippen LogP contribution in [0, 0.1) is 0 Å². The van der Waals surface area contributed by atoms with Crippen LogP contribution in [0.15, 0.2) is 18.2 Å². The molecule has 19 heavy (non-hydrogen) atoms. The van der Waals surface area contributed by atoms with Gasteiger partial charge >= 0.3 is 0 Å². The van der Waals surface area contributed by atoms with Crippen LogP contribution in [0.1, 0.15) is 86.4 Å². The fraction of sp³-hybridized carbons (Fsp3) is 0.684. The largest absolute Gasteiger partial charge is 0.0776 e. The number of hydrogen-bond acceptors (Lipinski definition) is 0. The molecule has 0 aromatic heterocycles. The molecule has 0 N–H and O–H groups in total. The van der Waals surface area contributed by atoms with Gasteiger partial charge in [-0.05, 0) is 32.9 Å². The maximum atomic E-state index is 2.38. The SMILES string of the molecule is C.CC(C)(C)c1cc(C(C)(C)C)cc(C(C)(C)C)c1. The van der Waals surface area contributed by atoms with E-state index in [-0.39, 0.29) is 23.7 Å². The molecule has 0 aliphatic rings. The molecule has 0 nitrogen and oxygen atoms in total. The van der Waals surface area contributed by atoms with Gasteiger partial charge in [0.05, 0.1) is 0 Å². The van der Waals surface area contributed by atoms with E-state index in [1.165, 1.54) is 16.7 Å². The van der Waals surface area contributed by atoms with E-state index < -0.39 is 0 Å². The molecule has 1 aromatic rings. The van der Waals surface area contributed by atoms with Crippen LogP contribution < -0.4 is 0 Å². The first-order valence-electron chi connectivity index (χ1n) is 6.98. The van der Waals surface area contributed by atoms with Gasteiger partial charge in [-0.3, -0.25) is 0 Å². The van der Waals surface area contributed by atoms with Crippen LogP contribution in [0.5, 0.6) is 0 Å². The van der Waals surface area contributed by atoms with E-state index in [2.05, 4.69) is 80.5 Å². The molecule has 110 valence electrons. The lowest BCUT2D eigenvalue weighted by Crippen LogP contribution is -2.20. The molecule has 0 saturated carbocycles. The lowest BCUT2D eigenvalue weighted by atomic mass is 9.76. The highest BCUT2D eigenvalue weighted by molar-refractivity contribution is 5.39. The average molecular weight is 262 g/mol. The van der Waals surface area contributed by atoms with Crippen LogP contribution in [0.4, 0.5) is 0 Å². The summed E-state index contributed by atoms with van der Waals surface area (Å²) < 4.78 is 0. The molecule has 0 heteroatoms. The molecule has 0 heterocycles. The van der Waals surface area contributed by atoms with Crippen molar-refractivity contribution in [2.45, 2.75) is 86.0 Å². The Hall–Kier alpha value is -0.780. The number of rotatable bonds is 0. The first kappa shape index (κ1) is 18.2. The van der Waals surface area contributed by atoms with Crippen molar-refractivity contribution in [2.24, 2.45) is 0 Å². The third-order valence-electron chi connectivity index (χ3n) is 3.53. The average Bonchev–Trinajstić information content (AvgIpc) is 2.13. The highest BCUT2D eigenvalue weighted by atomic mass is 14.3.